The molecule has 1 N–H and O–H groups in total. The number of rotatable bonds is 4. The molecule has 1 aromatic rings. The molecule has 2 fully saturated rings. The van der Waals surface area contributed by atoms with E-state index in [1.165, 1.54) is 35.4 Å². The Morgan fingerprint density at radius 2 is 2.17 bits per heavy atom. The Kier molecular flexibility index (Phi) is 3.50. The SMILES string of the molecule is CCNC(c1cc(C)sc1C)C1CC2CCC1C2. The second-order valence-corrected chi connectivity index (χ2v) is 7.70. The molecule has 0 saturated heterocycles. The Labute approximate surface area is 115 Å². The van der Waals surface area contributed by atoms with Gasteiger partial charge in [-0.2, -0.15) is 0 Å². The molecule has 4 unspecified atom stereocenters. The molecule has 2 aliphatic carbocycles. The van der Waals surface area contributed by atoms with Crippen LogP contribution in [0.1, 0.15) is 54.0 Å². The van der Waals surface area contributed by atoms with E-state index in [1.807, 2.05) is 11.3 Å². The first-order valence-electron chi connectivity index (χ1n) is 7.49. The summed E-state index contributed by atoms with van der Waals surface area (Å²) in [4.78, 5) is 3.00. The van der Waals surface area contributed by atoms with Crippen LogP contribution in [-0.4, -0.2) is 6.54 Å². The van der Waals surface area contributed by atoms with Crippen LogP contribution in [0.5, 0.6) is 0 Å². The minimum atomic E-state index is 0.621. The maximum Gasteiger partial charge on any atom is 0.0362 e. The Bertz CT molecular complexity index is 423. The van der Waals surface area contributed by atoms with E-state index in [2.05, 4.69) is 32.2 Å². The molecule has 3 rings (SSSR count). The predicted molar refractivity (Wildman–Crippen MR) is 79.1 cm³/mol. The smallest absolute Gasteiger partial charge is 0.0362 e. The first-order chi connectivity index (χ1) is 8.69. The zero-order valence-corrected chi connectivity index (χ0v) is 12.6. The van der Waals surface area contributed by atoms with Crippen LogP contribution in [-0.2, 0) is 0 Å². The van der Waals surface area contributed by atoms with Crippen LogP contribution < -0.4 is 5.32 Å². The molecule has 100 valence electrons. The molecule has 1 aromatic heterocycles. The van der Waals surface area contributed by atoms with E-state index in [1.54, 1.807) is 5.56 Å². The molecule has 0 radical (unpaired) electrons. The maximum absolute atomic E-state index is 3.79. The first-order valence-corrected chi connectivity index (χ1v) is 8.31. The van der Waals surface area contributed by atoms with Crippen LogP contribution in [0.25, 0.3) is 0 Å². The minimum absolute atomic E-state index is 0.621. The Morgan fingerprint density at radius 1 is 1.33 bits per heavy atom. The normalized spacial score (nSPS) is 32.1. The van der Waals surface area contributed by atoms with Gasteiger partial charge in [0.2, 0.25) is 0 Å². The summed E-state index contributed by atoms with van der Waals surface area (Å²) in [6.07, 6.45) is 5.96. The number of thiophene rings is 1. The van der Waals surface area contributed by atoms with Gasteiger partial charge in [-0.05, 0) is 69.0 Å². The van der Waals surface area contributed by atoms with Gasteiger partial charge in [0, 0.05) is 15.8 Å². The van der Waals surface area contributed by atoms with Gasteiger partial charge < -0.3 is 5.32 Å². The molecule has 2 aliphatic rings. The molecule has 0 aliphatic heterocycles. The molecule has 1 nitrogen and oxygen atoms in total. The zero-order valence-electron chi connectivity index (χ0n) is 11.8. The summed E-state index contributed by atoms with van der Waals surface area (Å²) in [7, 11) is 0. The second kappa shape index (κ2) is 4.97. The largest absolute Gasteiger partial charge is 0.310 e. The zero-order chi connectivity index (χ0) is 12.7. The van der Waals surface area contributed by atoms with Crippen molar-refractivity contribution >= 4 is 11.3 Å². The van der Waals surface area contributed by atoms with E-state index in [9.17, 15) is 0 Å². The molecule has 2 saturated carbocycles. The number of hydrogen-bond donors (Lipinski definition) is 1. The van der Waals surface area contributed by atoms with Crippen LogP contribution in [0.4, 0.5) is 0 Å². The molecule has 18 heavy (non-hydrogen) atoms. The fourth-order valence-corrected chi connectivity index (χ4v) is 5.35. The minimum Gasteiger partial charge on any atom is -0.310 e. The topological polar surface area (TPSA) is 12.0 Å². The van der Waals surface area contributed by atoms with Crippen LogP contribution in [0.15, 0.2) is 6.07 Å². The number of fused-ring (bicyclic) bond motifs is 2. The van der Waals surface area contributed by atoms with Gasteiger partial charge in [0.25, 0.3) is 0 Å². The van der Waals surface area contributed by atoms with Gasteiger partial charge >= 0.3 is 0 Å². The number of hydrogen-bond acceptors (Lipinski definition) is 2. The van der Waals surface area contributed by atoms with E-state index >= 15 is 0 Å². The average Bonchev–Trinajstić information content (AvgIpc) is 3.01. The molecule has 2 bridgehead atoms. The summed E-state index contributed by atoms with van der Waals surface area (Å²) in [6.45, 7) is 7.87. The van der Waals surface area contributed by atoms with Gasteiger partial charge in [0.15, 0.2) is 0 Å². The summed E-state index contributed by atoms with van der Waals surface area (Å²) in [6, 6.07) is 3.05. The lowest BCUT2D eigenvalue weighted by Gasteiger charge is -2.31. The van der Waals surface area contributed by atoms with Crippen molar-refractivity contribution in [2.24, 2.45) is 17.8 Å². The molecule has 4 atom stereocenters. The summed E-state index contributed by atoms with van der Waals surface area (Å²) >= 11 is 1.96. The fourth-order valence-electron chi connectivity index (χ4n) is 4.37. The van der Waals surface area contributed by atoms with E-state index in [-0.39, 0.29) is 0 Å². The summed E-state index contributed by atoms with van der Waals surface area (Å²) in [5, 5.41) is 3.79. The monoisotopic (exact) mass is 263 g/mol. The Hall–Kier alpha value is -0.340. The lowest BCUT2D eigenvalue weighted by atomic mass is 9.80. The van der Waals surface area contributed by atoms with Gasteiger partial charge in [-0.3, -0.25) is 0 Å². The highest BCUT2D eigenvalue weighted by atomic mass is 32.1. The highest BCUT2D eigenvalue weighted by molar-refractivity contribution is 7.12. The van der Waals surface area contributed by atoms with E-state index in [0.717, 1.165) is 24.3 Å². The van der Waals surface area contributed by atoms with Crippen molar-refractivity contribution in [3.05, 3.63) is 21.4 Å². The molecule has 0 spiro atoms. The molecule has 0 amide bonds. The average molecular weight is 263 g/mol. The lowest BCUT2D eigenvalue weighted by molar-refractivity contribution is 0.253. The maximum atomic E-state index is 3.79. The molecule has 1 heterocycles. The Morgan fingerprint density at radius 3 is 2.67 bits per heavy atom. The van der Waals surface area contributed by atoms with E-state index < -0.39 is 0 Å². The van der Waals surface area contributed by atoms with Gasteiger partial charge in [-0.15, -0.1) is 11.3 Å². The van der Waals surface area contributed by atoms with E-state index in [0.29, 0.717) is 6.04 Å². The van der Waals surface area contributed by atoms with Gasteiger partial charge in [-0.25, -0.2) is 0 Å². The highest BCUT2D eigenvalue weighted by Crippen LogP contribution is 2.53. The molecular weight excluding hydrogens is 238 g/mol. The molecular formula is C16H25NS. The van der Waals surface area contributed by atoms with Crippen molar-refractivity contribution in [3.8, 4) is 0 Å². The number of nitrogens with one attached hydrogen (secondary N) is 1. The van der Waals surface area contributed by atoms with Crippen molar-refractivity contribution < 1.29 is 0 Å². The lowest BCUT2D eigenvalue weighted by Crippen LogP contribution is -2.31. The fraction of sp³-hybridized carbons (Fsp3) is 0.750. The molecule has 2 heteroatoms. The molecule has 0 aromatic carbocycles. The van der Waals surface area contributed by atoms with Gasteiger partial charge in [0.1, 0.15) is 0 Å². The number of aryl methyl sites for hydroxylation is 2. The van der Waals surface area contributed by atoms with E-state index in [4.69, 9.17) is 0 Å². The van der Waals surface area contributed by atoms with Crippen LogP contribution in [0, 0.1) is 31.6 Å². The van der Waals surface area contributed by atoms with Crippen LogP contribution in [0.3, 0.4) is 0 Å². The first kappa shape index (κ1) is 12.7. The third kappa shape index (κ3) is 2.14. The summed E-state index contributed by atoms with van der Waals surface area (Å²) in [5.74, 6) is 2.94. The van der Waals surface area contributed by atoms with Crippen molar-refractivity contribution in [1.29, 1.82) is 0 Å². The highest BCUT2D eigenvalue weighted by Gasteiger charge is 2.43. The van der Waals surface area contributed by atoms with Crippen molar-refractivity contribution in [1.82, 2.24) is 5.32 Å². The standard InChI is InChI=1S/C16H25NS/c1-4-17-16(14-7-10(2)18-11(14)3)15-9-12-5-6-13(15)8-12/h7,12-13,15-17H,4-6,8-9H2,1-3H3. The quantitative estimate of drug-likeness (QED) is 0.846. The second-order valence-electron chi connectivity index (χ2n) is 6.24. The van der Waals surface area contributed by atoms with Gasteiger partial charge in [0.05, 0.1) is 0 Å². The summed E-state index contributed by atoms with van der Waals surface area (Å²) < 4.78 is 0. The predicted octanol–water partition coefficient (Wildman–Crippen LogP) is 4.45. The third-order valence-corrected chi connectivity index (χ3v) is 6.04. The van der Waals surface area contributed by atoms with Crippen LogP contribution in [0.2, 0.25) is 0 Å². The summed E-state index contributed by atoms with van der Waals surface area (Å²) in [5.41, 5.74) is 1.59. The van der Waals surface area contributed by atoms with Gasteiger partial charge in [-0.1, -0.05) is 13.3 Å². The Balaban J connectivity index is 1.86. The van der Waals surface area contributed by atoms with Crippen molar-refractivity contribution in [2.45, 2.75) is 52.5 Å². The van der Waals surface area contributed by atoms with Crippen molar-refractivity contribution in [3.63, 3.8) is 0 Å². The van der Waals surface area contributed by atoms with Crippen LogP contribution >= 0.6 is 11.3 Å². The van der Waals surface area contributed by atoms with Crippen molar-refractivity contribution in [2.75, 3.05) is 6.54 Å². The third-order valence-electron chi connectivity index (χ3n) is 5.06.